The predicted octanol–water partition coefficient (Wildman–Crippen LogP) is 2.24. The number of benzene rings is 1. The number of carbonyl (C=O) groups excluding carboxylic acids is 1. The van der Waals surface area contributed by atoms with Crippen LogP contribution in [0.25, 0.3) is 6.08 Å². The lowest BCUT2D eigenvalue weighted by Crippen LogP contribution is -2.36. The Balaban J connectivity index is 2.36. The summed E-state index contributed by atoms with van der Waals surface area (Å²) in [5, 5.41) is 8.48. The van der Waals surface area contributed by atoms with Gasteiger partial charge < -0.3 is 10.0 Å². The Morgan fingerprint density at radius 1 is 1.50 bits per heavy atom. The lowest BCUT2D eigenvalue weighted by atomic mass is 10.1. The number of carbonyl (C=O) groups is 2. The second-order valence-electron chi connectivity index (χ2n) is 4.06. The molecule has 0 bridgehead atoms. The second-order valence-corrected chi connectivity index (χ2v) is 5.44. The van der Waals surface area contributed by atoms with E-state index in [1.165, 1.54) is 11.8 Å². The number of carboxylic acid groups (broad SMARTS) is 1. The minimum atomic E-state index is -0.971. The number of anilines is 1. The molecule has 0 radical (unpaired) electrons. The van der Waals surface area contributed by atoms with E-state index in [-0.39, 0.29) is 11.2 Å². The van der Waals surface area contributed by atoms with Crippen LogP contribution in [0, 0.1) is 0 Å². The summed E-state index contributed by atoms with van der Waals surface area (Å²) in [5.41, 5.74) is 1.69. The van der Waals surface area contributed by atoms with E-state index < -0.39 is 5.97 Å². The summed E-state index contributed by atoms with van der Waals surface area (Å²) in [4.78, 5) is 24.9. The van der Waals surface area contributed by atoms with Crippen molar-refractivity contribution < 1.29 is 14.7 Å². The number of rotatable bonds is 2. The van der Waals surface area contributed by atoms with Crippen molar-refractivity contribution in [3.63, 3.8) is 0 Å². The van der Waals surface area contributed by atoms with Gasteiger partial charge in [-0.05, 0) is 30.7 Å². The molecule has 1 N–H and O–H groups in total. The highest BCUT2D eigenvalue weighted by Crippen LogP contribution is 2.38. The fourth-order valence-electron chi connectivity index (χ4n) is 1.81. The summed E-state index contributed by atoms with van der Waals surface area (Å²) >= 11 is 1.50. The maximum atomic E-state index is 11.8. The van der Waals surface area contributed by atoms with Crippen molar-refractivity contribution in [1.29, 1.82) is 0 Å². The van der Waals surface area contributed by atoms with Crippen LogP contribution < -0.4 is 4.90 Å². The van der Waals surface area contributed by atoms with Crippen LogP contribution in [0.5, 0.6) is 0 Å². The van der Waals surface area contributed by atoms with Gasteiger partial charge in [0.2, 0.25) is 5.91 Å². The second kappa shape index (κ2) is 4.86. The maximum absolute atomic E-state index is 11.8. The van der Waals surface area contributed by atoms with Crippen molar-refractivity contribution >= 4 is 35.4 Å². The van der Waals surface area contributed by atoms with Gasteiger partial charge in [0, 0.05) is 18.0 Å². The van der Waals surface area contributed by atoms with Crippen LogP contribution in [0.1, 0.15) is 12.5 Å². The first-order valence-electron chi connectivity index (χ1n) is 5.48. The van der Waals surface area contributed by atoms with Gasteiger partial charge in [-0.25, -0.2) is 4.79 Å². The fraction of sp³-hybridized carbons (Fsp3) is 0.231. The van der Waals surface area contributed by atoms with Gasteiger partial charge in [-0.15, -0.1) is 11.8 Å². The van der Waals surface area contributed by atoms with E-state index >= 15 is 0 Å². The summed E-state index contributed by atoms with van der Waals surface area (Å²) in [7, 11) is 1.75. The summed E-state index contributed by atoms with van der Waals surface area (Å²) in [5.74, 6) is -0.887. The Kier molecular flexibility index (Phi) is 3.43. The van der Waals surface area contributed by atoms with E-state index in [4.69, 9.17) is 5.11 Å². The lowest BCUT2D eigenvalue weighted by molar-refractivity contribution is -0.131. The van der Waals surface area contributed by atoms with Gasteiger partial charge in [-0.1, -0.05) is 6.07 Å². The van der Waals surface area contributed by atoms with Crippen LogP contribution in [0.2, 0.25) is 0 Å². The van der Waals surface area contributed by atoms with Gasteiger partial charge >= 0.3 is 5.97 Å². The number of amides is 1. The number of nitrogens with zero attached hydrogens (tertiary/aromatic N) is 1. The number of fused-ring (bicyclic) bond motifs is 1. The van der Waals surface area contributed by atoms with E-state index in [1.54, 1.807) is 24.1 Å². The third-order valence-electron chi connectivity index (χ3n) is 2.75. The molecule has 0 saturated carbocycles. The average molecular weight is 263 g/mol. The Bertz CT molecular complexity index is 539. The zero-order valence-corrected chi connectivity index (χ0v) is 10.9. The van der Waals surface area contributed by atoms with Gasteiger partial charge in [0.1, 0.15) is 0 Å². The number of hydrogen-bond donors (Lipinski definition) is 1. The molecule has 1 unspecified atom stereocenters. The molecule has 1 aliphatic rings. The Labute approximate surface area is 109 Å². The largest absolute Gasteiger partial charge is 0.478 e. The van der Waals surface area contributed by atoms with Gasteiger partial charge in [0.05, 0.1) is 10.9 Å². The minimum Gasteiger partial charge on any atom is -0.478 e. The molecule has 0 fully saturated rings. The Hall–Kier alpha value is -1.75. The SMILES string of the molecule is CC1Sc2cc(/C=C/C(=O)O)ccc2N(C)C1=O. The van der Waals surface area contributed by atoms with Crippen molar-refractivity contribution in [2.45, 2.75) is 17.1 Å². The zero-order chi connectivity index (χ0) is 13.3. The molecule has 4 nitrogen and oxygen atoms in total. The van der Waals surface area contributed by atoms with E-state index in [2.05, 4.69) is 0 Å². The first kappa shape index (κ1) is 12.7. The number of carboxylic acids is 1. The molecule has 1 aromatic rings. The number of hydrogen-bond acceptors (Lipinski definition) is 3. The standard InChI is InChI=1S/C13H13NO3S/c1-8-13(17)14(2)10-5-3-9(4-6-12(15)16)7-11(10)18-8/h3-8H,1-2H3,(H,15,16)/b6-4+. The van der Waals surface area contributed by atoms with Crippen LogP contribution in [0.15, 0.2) is 29.2 Å². The van der Waals surface area contributed by atoms with E-state index in [0.717, 1.165) is 22.2 Å². The third-order valence-corrected chi connectivity index (χ3v) is 3.88. The van der Waals surface area contributed by atoms with Crippen LogP contribution in [0.3, 0.4) is 0 Å². The van der Waals surface area contributed by atoms with Crippen molar-refractivity contribution in [3.05, 3.63) is 29.8 Å². The molecule has 1 aliphatic heterocycles. The molecule has 94 valence electrons. The fourth-order valence-corrected chi connectivity index (χ4v) is 2.98. The smallest absolute Gasteiger partial charge is 0.328 e. The van der Waals surface area contributed by atoms with Gasteiger partial charge in [-0.2, -0.15) is 0 Å². The highest BCUT2D eigenvalue weighted by atomic mass is 32.2. The number of aliphatic carboxylic acids is 1. The van der Waals surface area contributed by atoms with Crippen molar-refractivity contribution in [2.75, 3.05) is 11.9 Å². The summed E-state index contributed by atoms with van der Waals surface area (Å²) in [6, 6.07) is 5.55. The molecule has 1 amide bonds. The zero-order valence-electron chi connectivity index (χ0n) is 10.1. The van der Waals surface area contributed by atoms with E-state index in [9.17, 15) is 9.59 Å². The highest BCUT2D eigenvalue weighted by Gasteiger charge is 2.27. The van der Waals surface area contributed by atoms with Crippen LogP contribution in [-0.4, -0.2) is 29.3 Å². The molecule has 1 aromatic carbocycles. The lowest BCUT2D eigenvalue weighted by Gasteiger charge is -2.29. The molecule has 1 atom stereocenters. The highest BCUT2D eigenvalue weighted by molar-refractivity contribution is 8.01. The molecule has 5 heteroatoms. The topological polar surface area (TPSA) is 57.6 Å². The summed E-state index contributed by atoms with van der Waals surface area (Å²) in [6.45, 7) is 1.87. The van der Waals surface area contributed by atoms with Crippen LogP contribution >= 0.6 is 11.8 Å². The van der Waals surface area contributed by atoms with Crippen molar-refractivity contribution in [3.8, 4) is 0 Å². The van der Waals surface area contributed by atoms with E-state index in [0.29, 0.717) is 0 Å². The maximum Gasteiger partial charge on any atom is 0.328 e. The van der Waals surface area contributed by atoms with Crippen molar-refractivity contribution in [1.82, 2.24) is 0 Å². The van der Waals surface area contributed by atoms with Crippen LogP contribution in [-0.2, 0) is 9.59 Å². The molecule has 0 aliphatic carbocycles. The van der Waals surface area contributed by atoms with E-state index in [1.807, 2.05) is 19.1 Å². The van der Waals surface area contributed by atoms with Gasteiger partial charge in [0.15, 0.2) is 0 Å². The molecule has 0 saturated heterocycles. The Morgan fingerprint density at radius 2 is 2.22 bits per heavy atom. The normalized spacial score (nSPS) is 19.1. The van der Waals surface area contributed by atoms with Gasteiger partial charge in [0.25, 0.3) is 0 Å². The minimum absolute atomic E-state index is 0.0846. The third kappa shape index (κ3) is 2.41. The molecule has 0 spiro atoms. The molecule has 1 heterocycles. The summed E-state index contributed by atoms with van der Waals surface area (Å²) in [6.07, 6.45) is 2.65. The number of thioether (sulfide) groups is 1. The first-order valence-corrected chi connectivity index (χ1v) is 6.36. The first-order chi connectivity index (χ1) is 8.49. The quantitative estimate of drug-likeness (QED) is 0.831. The van der Waals surface area contributed by atoms with Gasteiger partial charge in [-0.3, -0.25) is 4.79 Å². The Morgan fingerprint density at radius 3 is 2.89 bits per heavy atom. The van der Waals surface area contributed by atoms with Crippen molar-refractivity contribution in [2.24, 2.45) is 0 Å². The summed E-state index contributed by atoms with van der Waals surface area (Å²) < 4.78 is 0. The molecule has 18 heavy (non-hydrogen) atoms. The molecular formula is C13H13NO3S. The predicted molar refractivity (Wildman–Crippen MR) is 71.8 cm³/mol. The molecular weight excluding hydrogens is 250 g/mol. The monoisotopic (exact) mass is 263 g/mol. The molecule has 2 rings (SSSR count). The average Bonchev–Trinajstić information content (AvgIpc) is 2.33. The van der Waals surface area contributed by atoms with Crippen LogP contribution in [0.4, 0.5) is 5.69 Å². The molecule has 0 aromatic heterocycles.